The molecular weight excluding hydrogens is 256 g/mol. The number of aromatic carboxylic acids is 1. The van der Waals surface area contributed by atoms with E-state index in [2.05, 4.69) is 10.6 Å². The second-order valence-corrected chi connectivity index (χ2v) is 4.13. The van der Waals surface area contributed by atoms with Gasteiger partial charge in [-0.3, -0.25) is 4.79 Å². The van der Waals surface area contributed by atoms with Crippen LogP contribution >= 0.6 is 0 Å². The number of benzene rings is 1. The summed E-state index contributed by atoms with van der Waals surface area (Å²) < 4.78 is 0. The van der Waals surface area contributed by atoms with E-state index in [9.17, 15) is 9.59 Å². The molecule has 0 atom stereocenters. The highest BCUT2D eigenvalue weighted by Gasteiger charge is 2.10. The number of rotatable bonds is 4. The fourth-order valence-corrected chi connectivity index (χ4v) is 1.72. The molecule has 1 heterocycles. The van der Waals surface area contributed by atoms with Crippen LogP contribution in [0.3, 0.4) is 0 Å². The molecule has 1 amide bonds. The van der Waals surface area contributed by atoms with Crippen LogP contribution in [-0.2, 0) is 4.79 Å². The van der Waals surface area contributed by atoms with E-state index in [4.69, 9.17) is 5.11 Å². The molecule has 3 N–H and O–H groups in total. The van der Waals surface area contributed by atoms with Gasteiger partial charge in [0.05, 0.1) is 11.3 Å². The number of allylic oxidation sites excluding steroid dienone is 3. The van der Waals surface area contributed by atoms with Crippen LogP contribution in [0.25, 0.3) is 0 Å². The summed E-state index contributed by atoms with van der Waals surface area (Å²) in [6.07, 6.45) is 8.65. The Morgan fingerprint density at radius 2 is 2.10 bits per heavy atom. The van der Waals surface area contributed by atoms with Gasteiger partial charge in [-0.1, -0.05) is 24.3 Å². The van der Waals surface area contributed by atoms with Gasteiger partial charge in [0.15, 0.2) is 0 Å². The molecule has 1 aromatic carbocycles. The van der Waals surface area contributed by atoms with Gasteiger partial charge in [-0.25, -0.2) is 4.79 Å². The highest BCUT2D eigenvalue weighted by molar-refractivity contribution is 6.04. The molecule has 0 aromatic heterocycles. The number of amides is 1. The van der Waals surface area contributed by atoms with Crippen molar-refractivity contribution in [2.24, 2.45) is 0 Å². The second-order valence-electron chi connectivity index (χ2n) is 4.13. The van der Waals surface area contributed by atoms with Crippen LogP contribution in [0.2, 0.25) is 0 Å². The average molecular weight is 270 g/mol. The number of para-hydroxylation sites is 1. The fraction of sp³-hybridized carbons (Fsp3) is 0.0667. The number of carbonyl (C=O) groups excluding carboxylic acids is 1. The van der Waals surface area contributed by atoms with Crippen LogP contribution in [0.1, 0.15) is 10.4 Å². The van der Waals surface area contributed by atoms with Gasteiger partial charge in [0, 0.05) is 18.8 Å². The zero-order valence-corrected chi connectivity index (χ0v) is 10.7. The molecule has 1 aliphatic rings. The van der Waals surface area contributed by atoms with Crippen molar-refractivity contribution >= 4 is 17.6 Å². The summed E-state index contributed by atoms with van der Waals surface area (Å²) >= 11 is 0. The van der Waals surface area contributed by atoms with Crippen LogP contribution in [-0.4, -0.2) is 23.5 Å². The molecule has 0 fully saturated rings. The van der Waals surface area contributed by atoms with Gasteiger partial charge in [-0.05, 0) is 23.8 Å². The van der Waals surface area contributed by atoms with Crippen molar-refractivity contribution in [3.63, 3.8) is 0 Å². The fourth-order valence-electron chi connectivity index (χ4n) is 1.72. The first kappa shape index (κ1) is 13.6. The summed E-state index contributed by atoms with van der Waals surface area (Å²) in [7, 11) is 0. The van der Waals surface area contributed by atoms with E-state index in [1.54, 1.807) is 30.5 Å². The van der Waals surface area contributed by atoms with Gasteiger partial charge < -0.3 is 15.7 Å². The summed E-state index contributed by atoms with van der Waals surface area (Å²) in [5.74, 6) is -1.45. The van der Waals surface area contributed by atoms with Gasteiger partial charge in [-0.15, -0.1) is 0 Å². The van der Waals surface area contributed by atoms with Gasteiger partial charge in [0.25, 0.3) is 0 Å². The molecule has 0 aliphatic carbocycles. The van der Waals surface area contributed by atoms with Crippen molar-refractivity contribution in [1.82, 2.24) is 5.32 Å². The average Bonchev–Trinajstić information content (AvgIpc) is 2.46. The van der Waals surface area contributed by atoms with Crippen LogP contribution in [0, 0.1) is 0 Å². The van der Waals surface area contributed by atoms with Gasteiger partial charge >= 0.3 is 5.97 Å². The standard InChI is InChI=1S/C15H14N2O3/c18-14(8-7-11-4-3-9-16-10-11)17-13-6-2-1-5-12(13)15(19)20/h1-8,10,16H,9H2,(H,17,18)(H,19,20)/b8-7+. The summed E-state index contributed by atoms with van der Waals surface area (Å²) in [6.45, 7) is 0.773. The highest BCUT2D eigenvalue weighted by Crippen LogP contribution is 2.14. The number of carboxylic acid groups (broad SMARTS) is 1. The normalized spacial score (nSPS) is 13.7. The predicted octanol–water partition coefficient (Wildman–Crippen LogP) is 1.92. The third kappa shape index (κ3) is 3.58. The smallest absolute Gasteiger partial charge is 0.337 e. The first-order valence-corrected chi connectivity index (χ1v) is 6.08. The molecule has 0 spiro atoms. The number of hydrogen-bond donors (Lipinski definition) is 3. The number of anilines is 1. The summed E-state index contributed by atoms with van der Waals surface area (Å²) in [5, 5.41) is 14.6. The third-order valence-electron chi connectivity index (χ3n) is 2.66. The third-order valence-corrected chi connectivity index (χ3v) is 2.66. The van der Waals surface area contributed by atoms with E-state index >= 15 is 0 Å². The maximum Gasteiger partial charge on any atom is 0.337 e. The molecule has 0 radical (unpaired) electrons. The molecule has 1 aromatic rings. The number of dihydropyridines is 1. The van der Waals surface area contributed by atoms with Crippen molar-refractivity contribution in [3.8, 4) is 0 Å². The zero-order chi connectivity index (χ0) is 14.4. The topological polar surface area (TPSA) is 78.4 Å². The van der Waals surface area contributed by atoms with E-state index in [-0.39, 0.29) is 17.2 Å². The van der Waals surface area contributed by atoms with Crippen LogP contribution < -0.4 is 10.6 Å². The second kappa shape index (κ2) is 6.38. The summed E-state index contributed by atoms with van der Waals surface area (Å²) in [6, 6.07) is 6.27. The maximum atomic E-state index is 11.8. The Balaban J connectivity index is 2.05. The number of nitrogens with one attached hydrogen (secondary N) is 2. The minimum atomic E-state index is -1.08. The molecule has 102 valence electrons. The van der Waals surface area contributed by atoms with Crippen LogP contribution in [0.15, 0.2) is 60.3 Å². The monoisotopic (exact) mass is 270 g/mol. The molecule has 0 saturated heterocycles. The van der Waals surface area contributed by atoms with Crippen LogP contribution in [0.4, 0.5) is 5.69 Å². The quantitative estimate of drug-likeness (QED) is 0.730. The Hall–Kier alpha value is -2.82. The van der Waals surface area contributed by atoms with Gasteiger partial charge in [0.2, 0.25) is 5.91 Å². The largest absolute Gasteiger partial charge is 0.478 e. The molecular formula is C15H14N2O3. The molecule has 20 heavy (non-hydrogen) atoms. The Bertz CT molecular complexity index is 615. The molecule has 5 heteroatoms. The van der Waals surface area contributed by atoms with Crippen molar-refractivity contribution in [3.05, 3.63) is 65.9 Å². The van der Waals surface area contributed by atoms with E-state index in [1.807, 2.05) is 12.2 Å². The van der Waals surface area contributed by atoms with Crippen LogP contribution in [0.5, 0.6) is 0 Å². The molecule has 2 rings (SSSR count). The van der Waals surface area contributed by atoms with E-state index < -0.39 is 5.97 Å². The van der Waals surface area contributed by atoms with E-state index in [0.29, 0.717) is 0 Å². The van der Waals surface area contributed by atoms with E-state index in [1.165, 1.54) is 12.1 Å². The minimum absolute atomic E-state index is 0.0627. The van der Waals surface area contributed by atoms with Gasteiger partial charge in [0.1, 0.15) is 0 Å². The molecule has 5 nitrogen and oxygen atoms in total. The summed E-state index contributed by atoms with van der Waals surface area (Å²) in [5.41, 5.74) is 1.21. The Labute approximate surface area is 116 Å². The van der Waals surface area contributed by atoms with Crippen molar-refractivity contribution in [2.75, 3.05) is 11.9 Å². The Kier molecular flexibility index (Phi) is 4.34. The lowest BCUT2D eigenvalue weighted by Gasteiger charge is -2.06. The first-order valence-electron chi connectivity index (χ1n) is 6.08. The number of hydrogen-bond acceptors (Lipinski definition) is 3. The lowest BCUT2D eigenvalue weighted by atomic mass is 10.1. The van der Waals surface area contributed by atoms with Crippen molar-refractivity contribution in [2.45, 2.75) is 0 Å². The Morgan fingerprint density at radius 1 is 1.30 bits per heavy atom. The molecule has 1 aliphatic heterocycles. The van der Waals surface area contributed by atoms with E-state index in [0.717, 1.165) is 12.1 Å². The maximum absolute atomic E-state index is 11.8. The molecule has 0 saturated carbocycles. The lowest BCUT2D eigenvalue weighted by Crippen LogP contribution is -2.12. The van der Waals surface area contributed by atoms with Crippen molar-refractivity contribution in [1.29, 1.82) is 0 Å². The van der Waals surface area contributed by atoms with Crippen molar-refractivity contribution < 1.29 is 14.7 Å². The predicted molar refractivity (Wildman–Crippen MR) is 76.4 cm³/mol. The zero-order valence-electron chi connectivity index (χ0n) is 10.7. The highest BCUT2D eigenvalue weighted by atomic mass is 16.4. The number of carboxylic acids is 1. The summed E-state index contributed by atoms with van der Waals surface area (Å²) in [4.78, 5) is 22.8. The minimum Gasteiger partial charge on any atom is -0.478 e. The first-order chi connectivity index (χ1) is 9.66. The lowest BCUT2D eigenvalue weighted by molar-refractivity contribution is -0.111. The molecule has 0 bridgehead atoms. The Morgan fingerprint density at radius 3 is 2.80 bits per heavy atom. The SMILES string of the molecule is O=C(/C=C/C1=CNCC=C1)Nc1ccccc1C(=O)O. The number of carbonyl (C=O) groups is 2. The van der Waals surface area contributed by atoms with Gasteiger partial charge in [-0.2, -0.15) is 0 Å². The molecule has 0 unspecified atom stereocenters.